The minimum Gasteiger partial charge on any atom is -0.457 e. The molecule has 1 amide bonds. The van der Waals surface area contributed by atoms with Gasteiger partial charge in [0.2, 0.25) is 11.9 Å². The number of ether oxygens (including phenoxy) is 1. The summed E-state index contributed by atoms with van der Waals surface area (Å²) in [6, 6.07) is 15.5. The number of nitrogen functional groups attached to an aromatic ring is 1. The Hall–Kier alpha value is -3.41. The normalized spacial score (nSPS) is 15.3. The predicted octanol–water partition coefficient (Wildman–Crippen LogP) is 2.88. The number of nitrogens with two attached hydrogens (primary N) is 1. The van der Waals surface area contributed by atoms with Crippen LogP contribution in [0.3, 0.4) is 0 Å². The third kappa shape index (κ3) is 2.61. The number of hydrogen-bond donors (Lipinski definition) is 1. The van der Waals surface area contributed by atoms with Gasteiger partial charge in [-0.3, -0.25) is 4.79 Å². The zero-order valence-corrected chi connectivity index (χ0v) is 14.6. The fraction of sp³-hybridized carbons (Fsp3) is 0.190. The average Bonchev–Trinajstić information content (AvgIpc) is 2.71. The summed E-state index contributed by atoms with van der Waals surface area (Å²) in [4.78, 5) is 23.8. The Labute approximate surface area is 156 Å². The number of amides is 1. The molecule has 0 aliphatic carbocycles. The van der Waals surface area contributed by atoms with Gasteiger partial charge < -0.3 is 15.4 Å². The number of para-hydroxylation sites is 2. The second-order valence-electron chi connectivity index (χ2n) is 6.82. The van der Waals surface area contributed by atoms with Gasteiger partial charge in [-0.15, -0.1) is 0 Å². The van der Waals surface area contributed by atoms with Gasteiger partial charge in [-0.1, -0.05) is 36.4 Å². The first kappa shape index (κ1) is 15.8. The molecule has 3 aromatic rings. The van der Waals surface area contributed by atoms with Crippen molar-refractivity contribution in [3.8, 4) is 11.5 Å². The Bertz CT molecular complexity index is 1000. The Balaban J connectivity index is 1.54. The fourth-order valence-corrected chi connectivity index (χ4v) is 3.87. The summed E-state index contributed by atoms with van der Waals surface area (Å²) >= 11 is 0. The molecule has 2 aliphatic heterocycles. The van der Waals surface area contributed by atoms with Crippen molar-refractivity contribution in [2.45, 2.75) is 18.9 Å². The van der Waals surface area contributed by atoms with Gasteiger partial charge in [0.05, 0.1) is 18.2 Å². The summed E-state index contributed by atoms with van der Waals surface area (Å²) in [7, 11) is 0. The largest absolute Gasteiger partial charge is 0.457 e. The van der Waals surface area contributed by atoms with E-state index in [1.54, 1.807) is 6.20 Å². The highest BCUT2D eigenvalue weighted by atomic mass is 16.5. The maximum atomic E-state index is 13.6. The van der Waals surface area contributed by atoms with E-state index in [2.05, 4.69) is 9.97 Å². The van der Waals surface area contributed by atoms with Gasteiger partial charge in [-0.05, 0) is 24.1 Å². The van der Waals surface area contributed by atoms with E-state index >= 15 is 0 Å². The lowest BCUT2D eigenvalue weighted by atomic mass is 9.86. The molecule has 0 radical (unpaired) electrons. The van der Waals surface area contributed by atoms with Crippen LogP contribution in [0.1, 0.15) is 28.3 Å². The van der Waals surface area contributed by atoms with Crippen LogP contribution in [0.15, 0.2) is 54.7 Å². The van der Waals surface area contributed by atoms with Gasteiger partial charge in [0, 0.05) is 23.9 Å². The number of fused-ring (bicyclic) bond motifs is 3. The number of carbonyl (C=O) groups excluding carboxylic acids is 1. The molecule has 0 saturated carbocycles. The molecule has 2 aromatic carbocycles. The first-order chi connectivity index (χ1) is 13.2. The third-order valence-electron chi connectivity index (χ3n) is 5.20. The van der Waals surface area contributed by atoms with Crippen LogP contribution < -0.4 is 10.5 Å². The molecule has 0 fully saturated rings. The number of carbonyl (C=O) groups is 1. The van der Waals surface area contributed by atoms with E-state index < -0.39 is 0 Å². The van der Waals surface area contributed by atoms with Crippen LogP contribution in [0.2, 0.25) is 0 Å². The quantitative estimate of drug-likeness (QED) is 0.723. The van der Waals surface area contributed by atoms with Gasteiger partial charge in [0.15, 0.2) is 0 Å². The zero-order valence-electron chi connectivity index (χ0n) is 14.6. The van der Waals surface area contributed by atoms with Crippen molar-refractivity contribution in [3.05, 3.63) is 77.1 Å². The lowest BCUT2D eigenvalue weighted by Gasteiger charge is -2.34. The van der Waals surface area contributed by atoms with E-state index in [-0.39, 0.29) is 17.8 Å². The number of rotatable bonds is 1. The molecule has 27 heavy (non-hydrogen) atoms. The van der Waals surface area contributed by atoms with E-state index in [0.717, 1.165) is 40.3 Å². The first-order valence-corrected chi connectivity index (χ1v) is 8.95. The summed E-state index contributed by atoms with van der Waals surface area (Å²) in [6.07, 6.45) is 2.49. The Kier molecular flexibility index (Phi) is 3.57. The molecule has 6 heteroatoms. The summed E-state index contributed by atoms with van der Waals surface area (Å²) in [5, 5.41) is 0. The summed E-state index contributed by atoms with van der Waals surface area (Å²) in [5.74, 6) is 1.38. The molecular weight excluding hydrogens is 340 g/mol. The molecule has 2 aliphatic rings. The van der Waals surface area contributed by atoms with E-state index in [1.807, 2.05) is 53.4 Å². The van der Waals surface area contributed by atoms with Crippen LogP contribution in [0, 0.1) is 0 Å². The molecule has 0 saturated heterocycles. The van der Waals surface area contributed by atoms with E-state index in [0.29, 0.717) is 13.1 Å². The van der Waals surface area contributed by atoms with Gasteiger partial charge >= 0.3 is 0 Å². The molecule has 134 valence electrons. The summed E-state index contributed by atoms with van der Waals surface area (Å²) < 4.78 is 6.01. The number of nitrogens with zero attached hydrogens (tertiary/aromatic N) is 3. The van der Waals surface area contributed by atoms with E-state index in [4.69, 9.17) is 10.5 Å². The molecule has 5 rings (SSSR count). The SMILES string of the molecule is Nc1ncc2c(n1)CN(C(=O)C1c3ccccc3Oc3ccccc31)CC2. The van der Waals surface area contributed by atoms with Gasteiger partial charge in [-0.25, -0.2) is 9.97 Å². The van der Waals surface area contributed by atoms with Crippen LogP contribution in [-0.2, 0) is 17.8 Å². The monoisotopic (exact) mass is 358 g/mol. The predicted molar refractivity (Wildman–Crippen MR) is 100 cm³/mol. The molecule has 1 aromatic heterocycles. The van der Waals surface area contributed by atoms with Crippen LogP contribution in [0.25, 0.3) is 0 Å². The fourth-order valence-electron chi connectivity index (χ4n) is 3.87. The Morgan fingerprint density at radius 1 is 1.07 bits per heavy atom. The van der Waals surface area contributed by atoms with Crippen molar-refractivity contribution in [2.24, 2.45) is 0 Å². The van der Waals surface area contributed by atoms with Crippen molar-refractivity contribution >= 4 is 11.9 Å². The minimum atomic E-state index is -0.383. The minimum absolute atomic E-state index is 0.0565. The molecule has 6 nitrogen and oxygen atoms in total. The molecule has 0 unspecified atom stereocenters. The lowest BCUT2D eigenvalue weighted by Crippen LogP contribution is -2.40. The molecule has 3 heterocycles. The van der Waals surface area contributed by atoms with Crippen molar-refractivity contribution in [3.63, 3.8) is 0 Å². The smallest absolute Gasteiger partial charge is 0.235 e. The Morgan fingerprint density at radius 2 is 1.74 bits per heavy atom. The number of anilines is 1. The Morgan fingerprint density at radius 3 is 2.44 bits per heavy atom. The maximum absolute atomic E-state index is 13.6. The van der Waals surface area contributed by atoms with Gasteiger partial charge in [0.1, 0.15) is 11.5 Å². The second kappa shape index (κ2) is 6.09. The highest BCUT2D eigenvalue weighted by Gasteiger charge is 2.36. The molecule has 2 N–H and O–H groups in total. The third-order valence-corrected chi connectivity index (χ3v) is 5.20. The lowest BCUT2D eigenvalue weighted by molar-refractivity contribution is -0.133. The highest BCUT2D eigenvalue weighted by Crippen LogP contribution is 2.44. The van der Waals surface area contributed by atoms with E-state index in [9.17, 15) is 4.79 Å². The molecular formula is C21H18N4O2. The first-order valence-electron chi connectivity index (χ1n) is 8.95. The molecule has 0 atom stereocenters. The summed E-state index contributed by atoms with van der Waals surface area (Å²) in [5.41, 5.74) is 9.41. The second-order valence-corrected chi connectivity index (χ2v) is 6.82. The van der Waals surface area contributed by atoms with Crippen LogP contribution in [0.4, 0.5) is 5.95 Å². The highest BCUT2D eigenvalue weighted by molar-refractivity contribution is 5.89. The van der Waals surface area contributed by atoms with Crippen molar-refractivity contribution < 1.29 is 9.53 Å². The number of hydrogen-bond acceptors (Lipinski definition) is 5. The van der Waals surface area contributed by atoms with Crippen molar-refractivity contribution in [2.75, 3.05) is 12.3 Å². The van der Waals surface area contributed by atoms with E-state index in [1.165, 1.54) is 0 Å². The number of benzene rings is 2. The summed E-state index contributed by atoms with van der Waals surface area (Å²) in [6.45, 7) is 1.09. The number of aromatic nitrogens is 2. The van der Waals surface area contributed by atoms with Crippen molar-refractivity contribution in [1.82, 2.24) is 14.9 Å². The topological polar surface area (TPSA) is 81.3 Å². The van der Waals surface area contributed by atoms with Gasteiger partial charge in [-0.2, -0.15) is 0 Å². The van der Waals surface area contributed by atoms with Crippen LogP contribution >= 0.6 is 0 Å². The van der Waals surface area contributed by atoms with Crippen LogP contribution in [-0.4, -0.2) is 27.3 Å². The van der Waals surface area contributed by atoms with Crippen LogP contribution in [0.5, 0.6) is 11.5 Å². The van der Waals surface area contributed by atoms with Crippen molar-refractivity contribution in [1.29, 1.82) is 0 Å². The van der Waals surface area contributed by atoms with Gasteiger partial charge in [0.25, 0.3) is 0 Å². The molecule has 0 bridgehead atoms. The molecule has 0 spiro atoms. The average molecular weight is 358 g/mol. The zero-order chi connectivity index (χ0) is 18.4. The standard InChI is InChI=1S/C21H18N4O2/c22-21-23-11-13-9-10-25(12-16(13)24-21)20(26)19-14-5-1-3-7-17(14)27-18-8-4-2-6-15(18)19/h1-8,11,19H,9-10,12H2,(H2,22,23,24). The maximum Gasteiger partial charge on any atom is 0.235 e.